The maximum absolute atomic E-state index is 14.1. The highest BCUT2D eigenvalue weighted by Gasteiger charge is 2.37. The molecule has 1 saturated carbocycles. The van der Waals surface area contributed by atoms with E-state index in [1.807, 2.05) is 0 Å². The van der Waals surface area contributed by atoms with Gasteiger partial charge in [-0.25, -0.2) is 8.42 Å². The van der Waals surface area contributed by atoms with E-state index in [4.69, 9.17) is 11.6 Å². The number of halogens is 5. The highest BCUT2D eigenvalue weighted by molar-refractivity contribution is 9.10. The summed E-state index contributed by atoms with van der Waals surface area (Å²) in [6.07, 6.45) is -0.196. The number of hydrogen-bond donors (Lipinski definition) is 1. The zero-order chi connectivity index (χ0) is 32.9. The van der Waals surface area contributed by atoms with E-state index >= 15 is 0 Å². The molecule has 3 aromatic rings. The first-order chi connectivity index (χ1) is 21.2. The van der Waals surface area contributed by atoms with Gasteiger partial charge in [-0.3, -0.25) is 13.9 Å². The Balaban J connectivity index is 1.74. The van der Waals surface area contributed by atoms with Crippen LogP contribution in [0.2, 0.25) is 5.02 Å². The van der Waals surface area contributed by atoms with E-state index < -0.39 is 56.9 Å². The third kappa shape index (κ3) is 8.80. The summed E-state index contributed by atoms with van der Waals surface area (Å²) in [6.45, 7) is 2.40. The lowest BCUT2D eigenvalue weighted by Gasteiger charge is -2.33. The van der Waals surface area contributed by atoms with Crippen LogP contribution in [0.5, 0.6) is 0 Å². The summed E-state index contributed by atoms with van der Waals surface area (Å²) in [5.74, 6) is -1.17. The Bertz CT molecular complexity index is 1610. The summed E-state index contributed by atoms with van der Waals surface area (Å²) in [5, 5.41) is 2.40. The average Bonchev–Trinajstić information content (AvgIpc) is 2.99. The topological polar surface area (TPSA) is 86.8 Å². The number of nitrogens with one attached hydrogen (secondary N) is 1. The van der Waals surface area contributed by atoms with Crippen LogP contribution in [0.3, 0.4) is 0 Å². The van der Waals surface area contributed by atoms with Crippen molar-refractivity contribution >= 4 is 55.1 Å². The van der Waals surface area contributed by atoms with Crippen molar-refractivity contribution in [2.45, 2.75) is 75.7 Å². The minimum Gasteiger partial charge on any atom is -0.352 e. The van der Waals surface area contributed by atoms with Gasteiger partial charge < -0.3 is 10.2 Å². The van der Waals surface area contributed by atoms with Crippen LogP contribution in [-0.4, -0.2) is 43.8 Å². The molecule has 0 aromatic heterocycles. The Kier molecular flexibility index (Phi) is 11.2. The van der Waals surface area contributed by atoms with Gasteiger partial charge in [-0.1, -0.05) is 76.6 Å². The van der Waals surface area contributed by atoms with E-state index in [0.717, 1.165) is 54.3 Å². The molecule has 0 aliphatic heterocycles. The molecule has 2 amide bonds. The Morgan fingerprint density at radius 1 is 1.00 bits per heavy atom. The lowest BCUT2D eigenvalue weighted by atomic mass is 9.95. The zero-order valence-electron chi connectivity index (χ0n) is 24.8. The Hall–Kier alpha value is -3.09. The van der Waals surface area contributed by atoms with Crippen molar-refractivity contribution in [1.82, 2.24) is 10.2 Å². The molecule has 7 nitrogen and oxygen atoms in total. The molecule has 0 spiro atoms. The summed E-state index contributed by atoms with van der Waals surface area (Å²) >= 11 is 9.21. The number of rotatable bonds is 10. The number of alkyl halides is 3. The number of sulfonamides is 1. The van der Waals surface area contributed by atoms with Crippen LogP contribution < -0.4 is 9.62 Å². The molecule has 242 valence electrons. The average molecular weight is 729 g/mol. The summed E-state index contributed by atoms with van der Waals surface area (Å²) in [6, 6.07) is 14.4. The number of hydrogen-bond acceptors (Lipinski definition) is 4. The van der Waals surface area contributed by atoms with Crippen LogP contribution in [0.4, 0.5) is 18.9 Å². The van der Waals surface area contributed by atoms with Gasteiger partial charge in [0.15, 0.2) is 0 Å². The number of carbonyl (C=O) groups is 2. The number of aryl methyl sites for hydroxylation is 1. The van der Waals surface area contributed by atoms with Gasteiger partial charge in [0.1, 0.15) is 12.6 Å². The first kappa shape index (κ1) is 34.8. The SMILES string of the molecule is Cc1ccc(S(=O)(=O)N(CC(=O)N(Cc2ccc(Br)cc2)[C@H](C)C(=O)NC2CCCCC2)c2ccc(Cl)c(C(F)(F)F)c2)cc1. The molecule has 1 aliphatic rings. The van der Waals surface area contributed by atoms with Crippen LogP contribution >= 0.6 is 27.5 Å². The van der Waals surface area contributed by atoms with E-state index in [-0.39, 0.29) is 17.5 Å². The molecule has 3 aromatic carbocycles. The van der Waals surface area contributed by atoms with Gasteiger partial charge in [-0.2, -0.15) is 13.2 Å². The molecule has 45 heavy (non-hydrogen) atoms. The fourth-order valence-corrected chi connectivity index (χ4v) is 7.08. The Morgan fingerprint density at radius 2 is 1.62 bits per heavy atom. The maximum atomic E-state index is 14.1. The first-order valence-electron chi connectivity index (χ1n) is 14.5. The van der Waals surface area contributed by atoms with Crippen molar-refractivity contribution in [2.24, 2.45) is 0 Å². The summed E-state index contributed by atoms with van der Waals surface area (Å²) in [4.78, 5) is 28.5. The van der Waals surface area contributed by atoms with E-state index in [0.29, 0.717) is 15.9 Å². The van der Waals surface area contributed by atoms with Gasteiger partial charge in [-0.05, 0) is 74.7 Å². The number of anilines is 1. The molecule has 0 heterocycles. The second-order valence-electron chi connectivity index (χ2n) is 11.2. The molecule has 1 aliphatic carbocycles. The van der Waals surface area contributed by atoms with E-state index in [9.17, 15) is 31.2 Å². The standard InChI is InChI=1S/C32H34BrClF3N3O4S/c1-21-8-15-27(16-9-21)45(43,44)40(26-14-17-29(34)28(18-26)32(35,36)37)20-30(41)39(19-23-10-12-24(33)13-11-23)22(2)31(42)38-25-6-4-3-5-7-25/h8-18,22,25H,3-7,19-20H2,1-2H3,(H,38,42)/t22-/m1/s1. The molecule has 13 heteroatoms. The monoisotopic (exact) mass is 727 g/mol. The van der Waals surface area contributed by atoms with Crippen molar-refractivity contribution in [3.8, 4) is 0 Å². The number of nitrogens with zero attached hydrogens (tertiary/aromatic N) is 2. The molecule has 0 radical (unpaired) electrons. The number of benzene rings is 3. The molecule has 1 atom stereocenters. The smallest absolute Gasteiger partial charge is 0.352 e. The maximum Gasteiger partial charge on any atom is 0.417 e. The third-order valence-electron chi connectivity index (χ3n) is 7.82. The molecule has 0 saturated heterocycles. The van der Waals surface area contributed by atoms with Crippen LogP contribution in [0.1, 0.15) is 55.7 Å². The molecule has 0 unspecified atom stereocenters. The van der Waals surface area contributed by atoms with Gasteiger partial charge in [0.05, 0.1) is 21.2 Å². The first-order valence-corrected chi connectivity index (χ1v) is 17.1. The minimum atomic E-state index is -4.88. The number of amides is 2. The molecule has 1 N–H and O–H groups in total. The molecule has 4 rings (SSSR count). The van der Waals surface area contributed by atoms with Gasteiger partial charge in [0.2, 0.25) is 11.8 Å². The minimum absolute atomic E-state index is 0.0356. The summed E-state index contributed by atoms with van der Waals surface area (Å²) < 4.78 is 70.8. The predicted molar refractivity (Wildman–Crippen MR) is 171 cm³/mol. The third-order valence-corrected chi connectivity index (χ3v) is 10.5. The predicted octanol–water partition coefficient (Wildman–Crippen LogP) is 7.49. The number of carbonyl (C=O) groups excluding carboxylic acids is 2. The highest BCUT2D eigenvalue weighted by Crippen LogP contribution is 2.38. The van der Waals surface area contributed by atoms with Gasteiger partial charge in [0, 0.05) is 17.1 Å². The Labute approximate surface area is 274 Å². The van der Waals surface area contributed by atoms with E-state index in [1.165, 1.54) is 17.0 Å². The van der Waals surface area contributed by atoms with Gasteiger partial charge in [-0.15, -0.1) is 0 Å². The van der Waals surface area contributed by atoms with Crippen molar-refractivity contribution in [3.05, 3.63) is 92.9 Å². The largest absolute Gasteiger partial charge is 0.417 e. The van der Waals surface area contributed by atoms with Gasteiger partial charge in [0.25, 0.3) is 10.0 Å². The summed E-state index contributed by atoms with van der Waals surface area (Å²) in [7, 11) is -4.55. The quantitative estimate of drug-likeness (QED) is 0.235. The molecular formula is C32H34BrClF3N3O4S. The fourth-order valence-electron chi connectivity index (χ4n) is 5.19. The lowest BCUT2D eigenvalue weighted by molar-refractivity contribution is -0.139. The summed E-state index contributed by atoms with van der Waals surface area (Å²) in [5.41, 5.74) is -0.211. The zero-order valence-corrected chi connectivity index (χ0v) is 27.9. The van der Waals surface area contributed by atoms with E-state index in [2.05, 4.69) is 21.2 Å². The second-order valence-corrected chi connectivity index (χ2v) is 14.3. The van der Waals surface area contributed by atoms with Crippen LogP contribution in [0.15, 0.2) is 76.1 Å². The van der Waals surface area contributed by atoms with Crippen molar-refractivity contribution in [3.63, 3.8) is 0 Å². The molecular weight excluding hydrogens is 695 g/mol. The molecule has 0 bridgehead atoms. The van der Waals surface area contributed by atoms with Crippen LogP contribution in [0.25, 0.3) is 0 Å². The Morgan fingerprint density at radius 3 is 2.22 bits per heavy atom. The van der Waals surface area contributed by atoms with Crippen molar-refractivity contribution in [1.29, 1.82) is 0 Å². The molecule has 1 fully saturated rings. The highest BCUT2D eigenvalue weighted by atomic mass is 79.9. The normalized spacial score (nSPS) is 14.9. The fraction of sp³-hybridized carbons (Fsp3) is 0.375. The van der Waals surface area contributed by atoms with Crippen LogP contribution in [0, 0.1) is 6.92 Å². The lowest BCUT2D eigenvalue weighted by Crippen LogP contribution is -2.53. The van der Waals surface area contributed by atoms with E-state index in [1.54, 1.807) is 50.2 Å². The second kappa shape index (κ2) is 14.6. The van der Waals surface area contributed by atoms with Crippen molar-refractivity contribution < 1.29 is 31.2 Å². The van der Waals surface area contributed by atoms with Gasteiger partial charge >= 0.3 is 6.18 Å². The van der Waals surface area contributed by atoms with Crippen LogP contribution in [-0.2, 0) is 32.3 Å². The van der Waals surface area contributed by atoms with Crippen molar-refractivity contribution in [2.75, 3.05) is 10.8 Å².